The van der Waals surface area contributed by atoms with Crippen molar-refractivity contribution in [2.45, 2.75) is 32.8 Å². The molecule has 1 aromatic carbocycles. The van der Waals surface area contributed by atoms with Crippen LogP contribution in [-0.4, -0.2) is 11.9 Å². The fourth-order valence-electron chi connectivity index (χ4n) is 1.50. The van der Waals surface area contributed by atoms with Gasteiger partial charge in [0.05, 0.1) is 11.7 Å². The molecule has 1 rings (SSSR count). The van der Waals surface area contributed by atoms with Crippen molar-refractivity contribution in [1.29, 1.82) is 5.41 Å². The maximum atomic E-state index is 7.48. The highest BCUT2D eigenvalue weighted by molar-refractivity contribution is 9.10. The Hall–Kier alpha value is -1.03. The quantitative estimate of drug-likeness (QED) is 0.644. The van der Waals surface area contributed by atoms with Crippen LogP contribution in [0.3, 0.4) is 0 Å². The zero-order valence-electron chi connectivity index (χ0n) is 9.59. The molecule has 88 valence electrons. The van der Waals surface area contributed by atoms with E-state index in [2.05, 4.69) is 22.9 Å². The lowest BCUT2D eigenvalue weighted by atomic mass is 10.1. The average molecular weight is 285 g/mol. The smallest absolute Gasteiger partial charge is 0.131 e. The molecule has 16 heavy (non-hydrogen) atoms. The summed E-state index contributed by atoms with van der Waals surface area (Å²) in [5.41, 5.74) is 6.15. The highest BCUT2D eigenvalue weighted by Gasteiger charge is 2.10. The first-order valence-electron chi connectivity index (χ1n) is 5.35. The predicted molar refractivity (Wildman–Crippen MR) is 70.2 cm³/mol. The molecule has 0 aliphatic rings. The molecule has 0 amide bonds. The molecule has 0 radical (unpaired) electrons. The van der Waals surface area contributed by atoms with E-state index in [1.54, 1.807) is 6.07 Å². The number of nitrogen functional groups attached to an aromatic ring is 1. The number of rotatable bonds is 5. The normalized spacial score (nSPS) is 12.2. The minimum absolute atomic E-state index is 0.0335. The van der Waals surface area contributed by atoms with Crippen molar-refractivity contribution in [2.75, 3.05) is 0 Å². The first-order chi connectivity index (χ1) is 7.54. The van der Waals surface area contributed by atoms with Crippen molar-refractivity contribution in [3.05, 3.63) is 28.2 Å². The summed E-state index contributed by atoms with van der Waals surface area (Å²) in [4.78, 5) is 0. The van der Waals surface area contributed by atoms with E-state index in [9.17, 15) is 0 Å². The Bertz CT molecular complexity index is 379. The summed E-state index contributed by atoms with van der Waals surface area (Å²) in [5.74, 6) is 0.703. The van der Waals surface area contributed by atoms with Crippen molar-refractivity contribution < 1.29 is 4.74 Å². The van der Waals surface area contributed by atoms with E-state index < -0.39 is 0 Å². The molecule has 0 aromatic heterocycles. The molecular formula is C12H17BrN2O. The van der Waals surface area contributed by atoms with Gasteiger partial charge in [-0.2, -0.15) is 0 Å². The van der Waals surface area contributed by atoms with Crippen molar-refractivity contribution >= 4 is 21.8 Å². The van der Waals surface area contributed by atoms with Gasteiger partial charge in [-0.05, 0) is 31.5 Å². The van der Waals surface area contributed by atoms with Gasteiger partial charge in [-0.15, -0.1) is 0 Å². The average Bonchev–Trinajstić information content (AvgIpc) is 2.17. The molecule has 0 aliphatic heterocycles. The first-order valence-corrected chi connectivity index (χ1v) is 6.14. The van der Waals surface area contributed by atoms with Crippen LogP contribution in [0.2, 0.25) is 0 Å². The summed E-state index contributed by atoms with van der Waals surface area (Å²) in [5, 5.41) is 7.48. The van der Waals surface area contributed by atoms with Crippen LogP contribution in [0.4, 0.5) is 0 Å². The zero-order chi connectivity index (χ0) is 12.1. The molecule has 1 aromatic rings. The maximum absolute atomic E-state index is 7.48. The molecule has 0 spiro atoms. The zero-order valence-corrected chi connectivity index (χ0v) is 11.2. The fourth-order valence-corrected chi connectivity index (χ4v) is 1.84. The van der Waals surface area contributed by atoms with Crippen LogP contribution < -0.4 is 10.5 Å². The summed E-state index contributed by atoms with van der Waals surface area (Å²) in [6.45, 7) is 4.14. The van der Waals surface area contributed by atoms with E-state index in [0.29, 0.717) is 11.3 Å². The standard InChI is InChI=1S/C12H17BrN2O/c1-3-4-8(2)16-11-7-9(13)5-6-10(11)12(14)15/h5-8H,3-4H2,1-2H3,(H3,14,15). The van der Waals surface area contributed by atoms with E-state index in [4.69, 9.17) is 15.9 Å². The van der Waals surface area contributed by atoms with Gasteiger partial charge in [-0.25, -0.2) is 0 Å². The molecule has 0 aliphatic carbocycles. The van der Waals surface area contributed by atoms with Crippen molar-refractivity contribution in [1.82, 2.24) is 0 Å². The second-order valence-corrected chi connectivity index (χ2v) is 4.69. The Morgan fingerprint density at radius 3 is 2.81 bits per heavy atom. The van der Waals surface area contributed by atoms with Crippen molar-refractivity contribution in [3.63, 3.8) is 0 Å². The Labute approximate surface area is 105 Å². The highest BCUT2D eigenvalue weighted by Crippen LogP contribution is 2.25. The molecule has 0 fully saturated rings. The van der Waals surface area contributed by atoms with Gasteiger partial charge in [-0.3, -0.25) is 5.41 Å². The number of ether oxygens (including phenoxy) is 1. The number of nitrogens with two attached hydrogens (primary N) is 1. The summed E-state index contributed by atoms with van der Waals surface area (Å²) in [6.07, 6.45) is 2.20. The van der Waals surface area contributed by atoms with Gasteiger partial charge in [0.1, 0.15) is 11.6 Å². The molecule has 0 saturated carbocycles. The molecule has 3 N–H and O–H groups in total. The Balaban J connectivity index is 2.92. The molecule has 3 nitrogen and oxygen atoms in total. The van der Waals surface area contributed by atoms with Crippen LogP contribution in [0.1, 0.15) is 32.3 Å². The largest absolute Gasteiger partial charge is 0.490 e. The van der Waals surface area contributed by atoms with Gasteiger partial charge >= 0.3 is 0 Å². The summed E-state index contributed by atoms with van der Waals surface area (Å²) in [7, 11) is 0. The van der Waals surface area contributed by atoms with Crippen LogP contribution in [0, 0.1) is 5.41 Å². The van der Waals surface area contributed by atoms with Gasteiger partial charge in [-0.1, -0.05) is 29.3 Å². The topological polar surface area (TPSA) is 59.1 Å². The number of amidine groups is 1. The van der Waals surface area contributed by atoms with Gasteiger partial charge < -0.3 is 10.5 Å². The van der Waals surface area contributed by atoms with Crippen LogP contribution in [0.15, 0.2) is 22.7 Å². The van der Waals surface area contributed by atoms with E-state index in [1.807, 2.05) is 19.1 Å². The molecule has 4 heteroatoms. The van der Waals surface area contributed by atoms with Crippen LogP contribution in [0.5, 0.6) is 5.75 Å². The lowest BCUT2D eigenvalue weighted by Gasteiger charge is -2.16. The molecule has 1 atom stereocenters. The number of hydrogen-bond acceptors (Lipinski definition) is 2. The van der Waals surface area contributed by atoms with Crippen LogP contribution in [-0.2, 0) is 0 Å². The molecule has 0 bridgehead atoms. The number of benzene rings is 1. The minimum Gasteiger partial charge on any atom is -0.490 e. The third-order valence-corrected chi connectivity index (χ3v) is 2.75. The van der Waals surface area contributed by atoms with Gasteiger partial charge in [0.15, 0.2) is 0 Å². The van der Waals surface area contributed by atoms with E-state index in [1.165, 1.54) is 0 Å². The molecule has 1 unspecified atom stereocenters. The maximum Gasteiger partial charge on any atom is 0.131 e. The van der Waals surface area contributed by atoms with E-state index >= 15 is 0 Å². The number of halogens is 1. The minimum atomic E-state index is 0.0335. The van der Waals surface area contributed by atoms with Crippen molar-refractivity contribution in [3.8, 4) is 5.75 Å². The Kier molecular flexibility index (Phi) is 4.80. The van der Waals surface area contributed by atoms with E-state index in [0.717, 1.165) is 17.3 Å². The SMILES string of the molecule is CCCC(C)Oc1cc(Br)ccc1C(=N)N. The summed E-state index contributed by atoms with van der Waals surface area (Å²) < 4.78 is 6.70. The third-order valence-electron chi connectivity index (χ3n) is 2.26. The Morgan fingerprint density at radius 2 is 2.25 bits per heavy atom. The highest BCUT2D eigenvalue weighted by atomic mass is 79.9. The number of hydrogen-bond donors (Lipinski definition) is 2. The Morgan fingerprint density at radius 1 is 1.56 bits per heavy atom. The predicted octanol–water partition coefficient (Wildman–Crippen LogP) is 3.30. The summed E-state index contributed by atoms with van der Waals surface area (Å²) >= 11 is 3.38. The second-order valence-electron chi connectivity index (χ2n) is 3.77. The molecule has 0 heterocycles. The molecular weight excluding hydrogens is 268 g/mol. The number of nitrogens with one attached hydrogen (secondary N) is 1. The van der Waals surface area contributed by atoms with Crippen LogP contribution in [0.25, 0.3) is 0 Å². The summed E-state index contributed by atoms with van der Waals surface area (Å²) in [6, 6.07) is 5.50. The van der Waals surface area contributed by atoms with Gasteiger partial charge in [0.25, 0.3) is 0 Å². The lowest BCUT2D eigenvalue weighted by molar-refractivity contribution is 0.209. The van der Waals surface area contributed by atoms with Crippen molar-refractivity contribution in [2.24, 2.45) is 5.73 Å². The van der Waals surface area contributed by atoms with Crippen LogP contribution >= 0.6 is 15.9 Å². The fraction of sp³-hybridized carbons (Fsp3) is 0.417. The van der Waals surface area contributed by atoms with Gasteiger partial charge in [0, 0.05) is 4.47 Å². The first kappa shape index (κ1) is 13.0. The molecule has 0 saturated heterocycles. The second kappa shape index (κ2) is 5.89. The third kappa shape index (κ3) is 3.52. The van der Waals surface area contributed by atoms with Gasteiger partial charge in [0.2, 0.25) is 0 Å². The van der Waals surface area contributed by atoms with E-state index in [-0.39, 0.29) is 11.9 Å². The monoisotopic (exact) mass is 284 g/mol. The lowest BCUT2D eigenvalue weighted by Crippen LogP contribution is -2.17.